The molecule has 5 N–H and O–H groups in total. The molecule has 32 heavy (non-hydrogen) atoms. The number of hydrogen-bond acceptors (Lipinski definition) is 5. The van der Waals surface area contributed by atoms with Crippen LogP contribution in [-0.4, -0.2) is 23.6 Å². The number of thiophene rings is 1. The summed E-state index contributed by atoms with van der Waals surface area (Å²) in [4.78, 5) is 48.4. The molecular weight excluding hydrogens is 428 g/mol. The number of amides is 4. The molecular formula is C23H22N4O4S. The molecule has 0 spiro atoms. The van der Waals surface area contributed by atoms with E-state index in [4.69, 9.17) is 5.73 Å². The summed E-state index contributed by atoms with van der Waals surface area (Å²) >= 11 is 1.56. The van der Waals surface area contributed by atoms with E-state index >= 15 is 0 Å². The van der Waals surface area contributed by atoms with Crippen LogP contribution >= 0.6 is 11.3 Å². The van der Waals surface area contributed by atoms with Gasteiger partial charge in [0.2, 0.25) is 17.7 Å². The van der Waals surface area contributed by atoms with Gasteiger partial charge in [0, 0.05) is 24.3 Å². The zero-order chi connectivity index (χ0) is 23.3. The van der Waals surface area contributed by atoms with Gasteiger partial charge in [-0.2, -0.15) is 0 Å². The summed E-state index contributed by atoms with van der Waals surface area (Å²) in [7, 11) is 0. The summed E-state index contributed by atoms with van der Waals surface area (Å²) in [5, 5.41) is 9.98. The highest BCUT2D eigenvalue weighted by Crippen LogP contribution is 2.32. The maximum Gasteiger partial charge on any atom is 0.255 e. The summed E-state index contributed by atoms with van der Waals surface area (Å²) < 4.78 is 0. The number of primary amides is 1. The molecule has 0 bridgehead atoms. The van der Waals surface area contributed by atoms with Crippen molar-refractivity contribution in [2.75, 3.05) is 10.6 Å². The molecule has 1 aromatic heterocycles. The molecule has 0 aliphatic rings. The molecule has 0 saturated carbocycles. The third kappa shape index (κ3) is 5.58. The molecule has 1 atom stereocenters. The third-order valence-electron chi connectivity index (χ3n) is 4.52. The smallest absolute Gasteiger partial charge is 0.255 e. The summed E-state index contributed by atoms with van der Waals surface area (Å²) in [5.74, 6) is -1.76. The van der Waals surface area contributed by atoms with E-state index in [-0.39, 0.29) is 5.91 Å². The van der Waals surface area contributed by atoms with Gasteiger partial charge in [-0.1, -0.05) is 24.3 Å². The van der Waals surface area contributed by atoms with Gasteiger partial charge in [0.25, 0.3) is 5.91 Å². The van der Waals surface area contributed by atoms with Crippen molar-refractivity contribution in [1.29, 1.82) is 0 Å². The number of nitrogens with two attached hydrogens (primary N) is 1. The van der Waals surface area contributed by atoms with Crippen LogP contribution in [0.3, 0.4) is 0 Å². The number of carbonyl (C=O) groups is 4. The van der Waals surface area contributed by atoms with Crippen molar-refractivity contribution in [1.82, 2.24) is 5.32 Å². The van der Waals surface area contributed by atoms with Crippen molar-refractivity contribution in [2.24, 2.45) is 5.73 Å². The maximum absolute atomic E-state index is 12.9. The van der Waals surface area contributed by atoms with Crippen LogP contribution in [0.15, 0.2) is 60.0 Å². The van der Waals surface area contributed by atoms with Crippen molar-refractivity contribution >= 4 is 46.3 Å². The van der Waals surface area contributed by atoms with Crippen LogP contribution in [0.5, 0.6) is 0 Å². The van der Waals surface area contributed by atoms with Gasteiger partial charge < -0.3 is 21.7 Å². The van der Waals surface area contributed by atoms with Crippen LogP contribution in [0.25, 0.3) is 10.4 Å². The van der Waals surface area contributed by atoms with E-state index < -0.39 is 23.8 Å². The molecule has 1 heterocycles. The molecule has 0 aliphatic heterocycles. The Kier molecular flexibility index (Phi) is 7.01. The zero-order valence-corrected chi connectivity index (χ0v) is 18.3. The number of carbonyl (C=O) groups excluding carboxylic acids is 4. The fraction of sp³-hybridized carbons (Fsp3) is 0.130. The van der Waals surface area contributed by atoms with Crippen LogP contribution in [0.1, 0.15) is 35.8 Å². The molecule has 9 heteroatoms. The Bertz CT molecular complexity index is 1160. The second-order valence-electron chi connectivity index (χ2n) is 7.03. The van der Waals surface area contributed by atoms with Crippen molar-refractivity contribution in [3.05, 3.63) is 71.1 Å². The van der Waals surface area contributed by atoms with Crippen molar-refractivity contribution in [3.8, 4) is 10.4 Å². The number of benzene rings is 2. The first-order chi connectivity index (χ1) is 15.2. The van der Waals surface area contributed by atoms with Crippen LogP contribution in [0.2, 0.25) is 0 Å². The molecule has 0 fully saturated rings. The Morgan fingerprint density at radius 1 is 0.875 bits per heavy atom. The van der Waals surface area contributed by atoms with Gasteiger partial charge >= 0.3 is 0 Å². The molecule has 0 saturated heterocycles. The van der Waals surface area contributed by atoms with E-state index in [1.807, 2.05) is 23.6 Å². The van der Waals surface area contributed by atoms with Gasteiger partial charge in [-0.15, -0.1) is 11.3 Å². The number of nitrogens with one attached hydrogen (secondary N) is 3. The lowest BCUT2D eigenvalue weighted by atomic mass is 10.0. The Labute approximate surface area is 188 Å². The highest BCUT2D eigenvalue weighted by molar-refractivity contribution is 7.13. The van der Waals surface area contributed by atoms with Crippen LogP contribution in [0, 0.1) is 0 Å². The van der Waals surface area contributed by atoms with E-state index in [2.05, 4.69) is 16.0 Å². The average Bonchev–Trinajstić information content (AvgIpc) is 3.27. The summed E-state index contributed by atoms with van der Waals surface area (Å²) in [6, 6.07) is 14.5. The Hall–Kier alpha value is -3.98. The summed E-state index contributed by atoms with van der Waals surface area (Å²) in [6.45, 7) is 2.68. The topological polar surface area (TPSA) is 130 Å². The predicted octanol–water partition coefficient (Wildman–Crippen LogP) is 3.29. The molecule has 1 unspecified atom stereocenters. The SMILES string of the molecule is CC(=O)Nc1ccc(-c2cccs2)cc1NC(=O)c1ccc(C(NC(C)=O)C(N)=O)cc1. The molecule has 0 radical (unpaired) electrons. The Balaban J connectivity index is 1.85. The minimum atomic E-state index is -0.988. The largest absolute Gasteiger partial charge is 0.368 e. The first kappa shape index (κ1) is 22.7. The molecule has 2 aromatic carbocycles. The van der Waals surface area contributed by atoms with Crippen molar-refractivity contribution < 1.29 is 19.2 Å². The highest BCUT2D eigenvalue weighted by Gasteiger charge is 2.19. The number of rotatable bonds is 7. The molecule has 8 nitrogen and oxygen atoms in total. The summed E-state index contributed by atoms with van der Waals surface area (Å²) in [5.41, 5.74) is 7.98. The van der Waals surface area contributed by atoms with Gasteiger partial charge in [-0.05, 0) is 46.8 Å². The Morgan fingerprint density at radius 3 is 2.16 bits per heavy atom. The first-order valence-electron chi connectivity index (χ1n) is 9.68. The monoisotopic (exact) mass is 450 g/mol. The molecule has 0 aliphatic carbocycles. The number of anilines is 2. The minimum absolute atomic E-state index is 0.260. The highest BCUT2D eigenvalue weighted by atomic mass is 32.1. The van der Waals surface area contributed by atoms with Crippen molar-refractivity contribution in [3.63, 3.8) is 0 Å². The van der Waals surface area contributed by atoms with E-state index in [9.17, 15) is 19.2 Å². The van der Waals surface area contributed by atoms with Crippen LogP contribution in [-0.2, 0) is 14.4 Å². The second kappa shape index (κ2) is 9.88. The first-order valence-corrected chi connectivity index (χ1v) is 10.6. The minimum Gasteiger partial charge on any atom is -0.368 e. The van der Waals surface area contributed by atoms with Gasteiger partial charge in [0.05, 0.1) is 11.4 Å². The van der Waals surface area contributed by atoms with E-state index in [1.54, 1.807) is 35.6 Å². The van der Waals surface area contributed by atoms with E-state index in [1.165, 1.54) is 26.0 Å². The standard InChI is InChI=1S/C23H22N4O4S/c1-13(28)25-18-10-9-17(20-4-3-11-32-20)12-19(18)27-23(31)16-7-5-15(6-8-16)21(22(24)30)26-14(2)29/h3-12,21H,1-2H3,(H2,24,30)(H,25,28)(H,26,29)(H,27,31). The Morgan fingerprint density at radius 2 is 1.59 bits per heavy atom. The lowest BCUT2D eigenvalue weighted by Gasteiger charge is -2.16. The number of hydrogen-bond donors (Lipinski definition) is 4. The van der Waals surface area contributed by atoms with Gasteiger partial charge in [-0.25, -0.2) is 0 Å². The zero-order valence-electron chi connectivity index (χ0n) is 17.5. The molecule has 3 aromatic rings. The summed E-state index contributed by atoms with van der Waals surface area (Å²) in [6.07, 6.45) is 0. The predicted molar refractivity (Wildman–Crippen MR) is 124 cm³/mol. The lowest BCUT2D eigenvalue weighted by Crippen LogP contribution is -2.36. The van der Waals surface area contributed by atoms with Gasteiger partial charge in [-0.3, -0.25) is 19.2 Å². The molecule has 3 rings (SSSR count). The second-order valence-corrected chi connectivity index (χ2v) is 7.98. The quantitative estimate of drug-likeness (QED) is 0.440. The van der Waals surface area contributed by atoms with Gasteiger partial charge in [0.15, 0.2) is 0 Å². The lowest BCUT2D eigenvalue weighted by molar-refractivity contribution is -0.126. The maximum atomic E-state index is 12.9. The van der Waals surface area contributed by atoms with E-state index in [0.717, 1.165) is 10.4 Å². The fourth-order valence-electron chi connectivity index (χ4n) is 3.09. The fourth-order valence-corrected chi connectivity index (χ4v) is 3.81. The molecule has 164 valence electrons. The van der Waals surface area contributed by atoms with Gasteiger partial charge in [0.1, 0.15) is 6.04 Å². The third-order valence-corrected chi connectivity index (χ3v) is 5.44. The average molecular weight is 451 g/mol. The van der Waals surface area contributed by atoms with E-state index in [0.29, 0.717) is 22.5 Å². The van der Waals surface area contributed by atoms with Crippen molar-refractivity contribution in [2.45, 2.75) is 19.9 Å². The molecule has 4 amide bonds. The van der Waals surface area contributed by atoms with Crippen LogP contribution < -0.4 is 21.7 Å². The normalized spacial score (nSPS) is 11.3. The van der Waals surface area contributed by atoms with Crippen LogP contribution in [0.4, 0.5) is 11.4 Å².